The lowest BCUT2D eigenvalue weighted by molar-refractivity contribution is -0.139. The van der Waals surface area contributed by atoms with Crippen LogP contribution in [0.3, 0.4) is 0 Å². The van der Waals surface area contributed by atoms with Gasteiger partial charge < -0.3 is 9.84 Å². The van der Waals surface area contributed by atoms with Gasteiger partial charge in [-0.05, 0) is 23.6 Å². The van der Waals surface area contributed by atoms with Crippen LogP contribution in [-0.4, -0.2) is 23.7 Å². The number of fused-ring (bicyclic) bond motifs is 1. The number of aliphatic carboxylic acids is 1. The van der Waals surface area contributed by atoms with E-state index in [1.807, 2.05) is 30.3 Å². The van der Waals surface area contributed by atoms with Crippen molar-refractivity contribution in [3.05, 3.63) is 65.7 Å². The van der Waals surface area contributed by atoms with E-state index >= 15 is 0 Å². The van der Waals surface area contributed by atoms with Crippen LogP contribution in [0.15, 0.2) is 54.6 Å². The minimum absolute atomic E-state index is 0.195. The van der Waals surface area contributed by atoms with E-state index in [9.17, 15) is 14.7 Å². The summed E-state index contributed by atoms with van der Waals surface area (Å²) in [5, 5.41) is 9.33. The third-order valence-electron chi connectivity index (χ3n) is 3.97. The fourth-order valence-corrected chi connectivity index (χ4v) is 2.81. The van der Waals surface area contributed by atoms with Crippen LogP contribution in [-0.2, 0) is 16.1 Å². The van der Waals surface area contributed by atoms with Gasteiger partial charge in [-0.15, -0.1) is 0 Å². The van der Waals surface area contributed by atoms with E-state index in [-0.39, 0.29) is 6.61 Å². The summed E-state index contributed by atoms with van der Waals surface area (Å²) < 4.78 is 5.36. The number of carbonyl (C=O) groups is 2. The zero-order chi connectivity index (χ0) is 16.2. The van der Waals surface area contributed by atoms with Crippen molar-refractivity contribution in [2.45, 2.75) is 18.9 Å². The van der Waals surface area contributed by atoms with Gasteiger partial charge in [0.25, 0.3) is 0 Å². The van der Waals surface area contributed by atoms with E-state index in [0.717, 1.165) is 5.56 Å². The first-order valence-electron chi connectivity index (χ1n) is 7.47. The monoisotopic (exact) mass is 311 g/mol. The van der Waals surface area contributed by atoms with Crippen LogP contribution < -0.4 is 4.90 Å². The molecule has 0 unspecified atom stereocenters. The van der Waals surface area contributed by atoms with Gasteiger partial charge in [-0.1, -0.05) is 48.5 Å². The van der Waals surface area contributed by atoms with Gasteiger partial charge in [0.2, 0.25) is 0 Å². The summed E-state index contributed by atoms with van der Waals surface area (Å²) in [7, 11) is 0. The first-order valence-corrected chi connectivity index (χ1v) is 7.47. The van der Waals surface area contributed by atoms with Crippen molar-refractivity contribution >= 4 is 17.7 Å². The van der Waals surface area contributed by atoms with Crippen LogP contribution >= 0.6 is 0 Å². The van der Waals surface area contributed by atoms with E-state index in [2.05, 4.69) is 0 Å². The molecule has 0 bridgehead atoms. The topological polar surface area (TPSA) is 66.8 Å². The predicted molar refractivity (Wildman–Crippen MR) is 85.4 cm³/mol. The summed E-state index contributed by atoms with van der Waals surface area (Å²) in [4.78, 5) is 25.2. The molecule has 1 aliphatic rings. The second-order valence-corrected chi connectivity index (χ2v) is 5.43. The summed E-state index contributed by atoms with van der Waals surface area (Å²) >= 11 is 0. The maximum Gasteiger partial charge on any atom is 0.414 e. The van der Waals surface area contributed by atoms with Crippen molar-refractivity contribution in [3.63, 3.8) is 0 Å². The molecule has 1 aliphatic heterocycles. The molecule has 0 aromatic heterocycles. The summed E-state index contributed by atoms with van der Waals surface area (Å²) in [6.07, 6.45) is -0.0718. The molecule has 5 heteroatoms. The molecular formula is C18H17NO4. The Labute approximate surface area is 134 Å². The summed E-state index contributed by atoms with van der Waals surface area (Å²) in [6, 6.07) is 16.5. The van der Waals surface area contributed by atoms with Gasteiger partial charge in [0, 0.05) is 6.54 Å². The molecule has 3 rings (SSSR count). The highest BCUT2D eigenvalue weighted by Gasteiger charge is 2.32. The fourth-order valence-electron chi connectivity index (χ4n) is 2.81. The number of anilines is 1. The molecule has 118 valence electrons. The highest BCUT2D eigenvalue weighted by molar-refractivity contribution is 5.92. The van der Waals surface area contributed by atoms with Crippen molar-refractivity contribution in [1.29, 1.82) is 0 Å². The van der Waals surface area contributed by atoms with Gasteiger partial charge in [0.15, 0.2) is 0 Å². The number of benzene rings is 2. The second kappa shape index (κ2) is 6.52. The Kier molecular flexibility index (Phi) is 4.28. The Morgan fingerprint density at radius 2 is 1.78 bits per heavy atom. The molecule has 2 aromatic rings. The number of ether oxygens (including phenoxy) is 1. The molecule has 0 saturated carbocycles. The van der Waals surface area contributed by atoms with Gasteiger partial charge in [-0.25, -0.2) is 4.79 Å². The molecule has 1 atom stereocenters. The average molecular weight is 311 g/mol. The SMILES string of the molecule is O=C(O)[C@@H]1CCN(C(=O)OCc2ccccc2)c2ccccc21. The third-order valence-corrected chi connectivity index (χ3v) is 3.97. The molecule has 0 spiro atoms. The van der Waals surface area contributed by atoms with Crippen LogP contribution in [0.5, 0.6) is 0 Å². The van der Waals surface area contributed by atoms with Gasteiger partial charge in [-0.3, -0.25) is 9.69 Å². The van der Waals surface area contributed by atoms with Crippen molar-refractivity contribution < 1.29 is 19.4 Å². The molecular weight excluding hydrogens is 294 g/mol. The predicted octanol–water partition coefficient (Wildman–Crippen LogP) is 3.40. The zero-order valence-corrected chi connectivity index (χ0v) is 12.5. The van der Waals surface area contributed by atoms with Crippen molar-refractivity contribution in [2.24, 2.45) is 0 Å². The van der Waals surface area contributed by atoms with Crippen LogP contribution in [0.4, 0.5) is 10.5 Å². The van der Waals surface area contributed by atoms with Gasteiger partial charge >= 0.3 is 12.1 Å². The lowest BCUT2D eigenvalue weighted by Crippen LogP contribution is -2.38. The summed E-state index contributed by atoms with van der Waals surface area (Å²) in [5.74, 6) is -1.45. The van der Waals surface area contributed by atoms with E-state index in [4.69, 9.17) is 4.74 Å². The lowest BCUT2D eigenvalue weighted by atomic mass is 9.90. The number of rotatable bonds is 3. The number of carboxylic acid groups (broad SMARTS) is 1. The second-order valence-electron chi connectivity index (χ2n) is 5.43. The maximum absolute atomic E-state index is 12.4. The minimum Gasteiger partial charge on any atom is -0.481 e. The smallest absolute Gasteiger partial charge is 0.414 e. The number of hydrogen-bond acceptors (Lipinski definition) is 3. The van der Waals surface area contributed by atoms with Crippen molar-refractivity contribution in [2.75, 3.05) is 11.4 Å². The molecule has 0 radical (unpaired) electrons. The molecule has 1 heterocycles. The van der Waals surface area contributed by atoms with E-state index < -0.39 is 18.0 Å². The standard InChI is InChI=1S/C18H17NO4/c20-17(21)15-10-11-19(16-9-5-4-8-14(15)16)18(22)23-12-13-6-2-1-3-7-13/h1-9,15H,10-12H2,(H,20,21)/t15-/m1/s1. The van der Waals surface area contributed by atoms with Gasteiger partial charge in [-0.2, -0.15) is 0 Å². The molecule has 1 amide bonds. The molecule has 0 saturated heterocycles. The van der Waals surface area contributed by atoms with Crippen LogP contribution in [0.25, 0.3) is 0 Å². The lowest BCUT2D eigenvalue weighted by Gasteiger charge is -2.31. The highest BCUT2D eigenvalue weighted by atomic mass is 16.6. The fraction of sp³-hybridized carbons (Fsp3) is 0.222. The van der Waals surface area contributed by atoms with Crippen LogP contribution in [0, 0.1) is 0 Å². The number of nitrogens with zero attached hydrogens (tertiary/aromatic N) is 1. The molecule has 0 aliphatic carbocycles. The summed E-state index contributed by atoms with van der Waals surface area (Å²) in [6.45, 7) is 0.530. The van der Waals surface area contributed by atoms with Crippen LogP contribution in [0.1, 0.15) is 23.5 Å². The number of para-hydroxylation sites is 1. The third kappa shape index (κ3) is 3.18. The van der Waals surface area contributed by atoms with E-state index in [1.165, 1.54) is 4.90 Å². The Bertz CT molecular complexity index is 714. The summed E-state index contributed by atoms with van der Waals surface area (Å²) in [5.41, 5.74) is 2.18. The molecule has 5 nitrogen and oxygen atoms in total. The minimum atomic E-state index is -0.866. The molecule has 23 heavy (non-hydrogen) atoms. The number of amides is 1. The number of carbonyl (C=O) groups excluding carboxylic acids is 1. The van der Waals surface area contributed by atoms with Gasteiger partial charge in [0.05, 0.1) is 11.6 Å². The average Bonchev–Trinajstić information content (AvgIpc) is 2.59. The highest BCUT2D eigenvalue weighted by Crippen LogP contribution is 2.35. The van der Waals surface area contributed by atoms with Crippen molar-refractivity contribution in [3.8, 4) is 0 Å². The quantitative estimate of drug-likeness (QED) is 0.943. The largest absolute Gasteiger partial charge is 0.481 e. The maximum atomic E-state index is 12.4. The normalized spacial score (nSPS) is 16.5. The Balaban J connectivity index is 1.76. The Hall–Kier alpha value is -2.82. The zero-order valence-electron chi connectivity index (χ0n) is 12.5. The number of hydrogen-bond donors (Lipinski definition) is 1. The first kappa shape index (κ1) is 15.1. The van der Waals surface area contributed by atoms with Crippen molar-refractivity contribution in [1.82, 2.24) is 0 Å². The Morgan fingerprint density at radius 1 is 1.09 bits per heavy atom. The number of carboxylic acids is 1. The molecule has 2 aromatic carbocycles. The first-order chi connectivity index (χ1) is 11.2. The molecule has 1 N–H and O–H groups in total. The van der Waals surface area contributed by atoms with Gasteiger partial charge in [0.1, 0.15) is 6.61 Å². The molecule has 0 fully saturated rings. The Morgan fingerprint density at radius 3 is 2.52 bits per heavy atom. The van der Waals surface area contributed by atoms with E-state index in [1.54, 1.807) is 24.3 Å². The van der Waals surface area contributed by atoms with Crippen LogP contribution in [0.2, 0.25) is 0 Å². The van der Waals surface area contributed by atoms with E-state index in [0.29, 0.717) is 24.2 Å².